The van der Waals surface area contributed by atoms with E-state index in [1.807, 2.05) is 9.80 Å². The van der Waals surface area contributed by atoms with Crippen LogP contribution in [-0.4, -0.2) is 48.6 Å². The molecule has 0 aromatic carbocycles. The van der Waals surface area contributed by atoms with Crippen LogP contribution in [0.1, 0.15) is 33.1 Å². The molecule has 0 radical (unpaired) electrons. The average molecular weight is 227 g/mol. The fourth-order valence-corrected chi connectivity index (χ4v) is 2.10. The van der Waals surface area contributed by atoms with Gasteiger partial charge in [-0.1, -0.05) is 13.8 Å². The van der Waals surface area contributed by atoms with E-state index in [0.717, 1.165) is 45.4 Å². The van der Waals surface area contributed by atoms with E-state index in [-0.39, 0.29) is 6.03 Å². The number of rotatable bonds is 5. The highest BCUT2D eigenvalue weighted by molar-refractivity contribution is 5.74. The maximum Gasteiger partial charge on any atom is 0.320 e. The number of urea groups is 1. The van der Waals surface area contributed by atoms with Crippen molar-refractivity contribution >= 4 is 6.03 Å². The zero-order chi connectivity index (χ0) is 12.0. The van der Waals surface area contributed by atoms with Gasteiger partial charge in [-0.15, -0.1) is 0 Å². The molecule has 0 saturated carbocycles. The third kappa shape index (κ3) is 4.00. The lowest BCUT2D eigenvalue weighted by atomic mass is 10.2. The highest BCUT2D eigenvalue weighted by Gasteiger charge is 2.23. The van der Waals surface area contributed by atoms with Crippen molar-refractivity contribution in [2.45, 2.75) is 33.1 Å². The van der Waals surface area contributed by atoms with E-state index < -0.39 is 0 Å². The topological polar surface area (TPSA) is 49.6 Å². The molecule has 0 aliphatic carbocycles. The summed E-state index contributed by atoms with van der Waals surface area (Å²) in [4.78, 5) is 16.1. The van der Waals surface area contributed by atoms with Crippen LogP contribution < -0.4 is 5.73 Å². The summed E-state index contributed by atoms with van der Waals surface area (Å²) in [6, 6.07) is 0.208. The fraction of sp³-hybridized carbons (Fsp3) is 0.917. The van der Waals surface area contributed by atoms with Crippen LogP contribution >= 0.6 is 0 Å². The molecule has 1 aliphatic rings. The third-order valence-electron chi connectivity index (χ3n) is 2.86. The van der Waals surface area contributed by atoms with Crippen molar-refractivity contribution in [1.82, 2.24) is 9.80 Å². The number of nitrogens with zero attached hydrogens (tertiary/aromatic N) is 2. The second kappa shape index (κ2) is 6.74. The van der Waals surface area contributed by atoms with E-state index in [0.29, 0.717) is 12.5 Å². The number of amides is 2. The highest BCUT2D eigenvalue weighted by Crippen LogP contribution is 2.12. The molecule has 2 amide bonds. The summed E-state index contributed by atoms with van der Waals surface area (Å²) in [5, 5.41) is 0. The Morgan fingerprint density at radius 2 is 2.00 bits per heavy atom. The third-order valence-corrected chi connectivity index (χ3v) is 2.86. The molecule has 1 heterocycles. The molecule has 1 fully saturated rings. The molecule has 0 bridgehead atoms. The molecule has 0 atom stereocenters. The number of likely N-dealkylation sites (tertiary alicyclic amines) is 1. The summed E-state index contributed by atoms with van der Waals surface area (Å²) in [7, 11) is 0. The van der Waals surface area contributed by atoms with Gasteiger partial charge in [0, 0.05) is 26.2 Å². The van der Waals surface area contributed by atoms with E-state index in [4.69, 9.17) is 5.73 Å². The second-order valence-corrected chi connectivity index (χ2v) is 4.96. The van der Waals surface area contributed by atoms with Crippen molar-refractivity contribution < 1.29 is 4.79 Å². The molecule has 0 aromatic rings. The minimum absolute atomic E-state index is 0.208. The normalized spacial score (nSPS) is 15.9. The maximum absolute atomic E-state index is 12.2. The number of hydrogen-bond acceptors (Lipinski definition) is 2. The predicted octanol–water partition coefficient (Wildman–Crippen LogP) is 1.51. The Balaban J connectivity index is 2.48. The Hall–Kier alpha value is -0.770. The van der Waals surface area contributed by atoms with Crippen LogP contribution in [0.15, 0.2) is 0 Å². The molecule has 0 aromatic heterocycles. The van der Waals surface area contributed by atoms with Gasteiger partial charge in [0.15, 0.2) is 0 Å². The molecule has 0 unspecified atom stereocenters. The number of hydrogen-bond donors (Lipinski definition) is 1. The van der Waals surface area contributed by atoms with Gasteiger partial charge in [0.25, 0.3) is 0 Å². The summed E-state index contributed by atoms with van der Waals surface area (Å²) in [6.45, 7) is 8.44. The Labute approximate surface area is 98.8 Å². The van der Waals surface area contributed by atoms with Gasteiger partial charge in [-0.25, -0.2) is 4.79 Å². The molecule has 0 spiro atoms. The number of carbonyl (C=O) groups is 1. The quantitative estimate of drug-likeness (QED) is 0.774. The van der Waals surface area contributed by atoms with Crippen LogP contribution in [-0.2, 0) is 0 Å². The smallest absolute Gasteiger partial charge is 0.320 e. The van der Waals surface area contributed by atoms with Crippen molar-refractivity contribution in [3.05, 3.63) is 0 Å². The van der Waals surface area contributed by atoms with Gasteiger partial charge in [0.05, 0.1) is 0 Å². The Kier molecular flexibility index (Phi) is 5.60. The van der Waals surface area contributed by atoms with Crippen LogP contribution in [0.3, 0.4) is 0 Å². The monoisotopic (exact) mass is 227 g/mol. The van der Waals surface area contributed by atoms with E-state index in [1.54, 1.807) is 0 Å². The first kappa shape index (κ1) is 13.3. The Morgan fingerprint density at radius 3 is 2.50 bits per heavy atom. The summed E-state index contributed by atoms with van der Waals surface area (Å²) in [6.07, 6.45) is 3.20. The van der Waals surface area contributed by atoms with Crippen LogP contribution in [0, 0.1) is 5.92 Å². The predicted molar refractivity (Wildman–Crippen MR) is 66.3 cm³/mol. The van der Waals surface area contributed by atoms with Crippen molar-refractivity contribution in [3.8, 4) is 0 Å². The molecular formula is C12H25N3O. The molecule has 4 nitrogen and oxygen atoms in total. The highest BCUT2D eigenvalue weighted by atomic mass is 16.2. The number of nitrogens with two attached hydrogens (primary N) is 1. The van der Waals surface area contributed by atoms with Gasteiger partial charge in [-0.2, -0.15) is 0 Å². The summed E-state index contributed by atoms with van der Waals surface area (Å²) in [5.74, 6) is 0.518. The molecule has 1 aliphatic heterocycles. The van der Waals surface area contributed by atoms with Gasteiger partial charge < -0.3 is 15.5 Å². The summed E-state index contributed by atoms with van der Waals surface area (Å²) < 4.78 is 0. The van der Waals surface area contributed by atoms with Crippen molar-refractivity contribution in [1.29, 1.82) is 0 Å². The lowest BCUT2D eigenvalue weighted by Crippen LogP contribution is -2.44. The molecule has 16 heavy (non-hydrogen) atoms. The first-order valence-corrected chi connectivity index (χ1v) is 6.39. The Bertz CT molecular complexity index is 212. The zero-order valence-electron chi connectivity index (χ0n) is 10.6. The van der Waals surface area contributed by atoms with Crippen LogP contribution in [0.4, 0.5) is 4.79 Å². The zero-order valence-corrected chi connectivity index (χ0v) is 10.6. The first-order valence-electron chi connectivity index (χ1n) is 6.39. The maximum atomic E-state index is 12.2. The summed E-state index contributed by atoms with van der Waals surface area (Å²) >= 11 is 0. The molecule has 94 valence electrons. The van der Waals surface area contributed by atoms with E-state index in [9.17, 15) is 4.79 Å². The van der Waals surface area contributed by atoms with Crippen LogP contribution in [0.2, 0.25) is 0 Å². The molecule has 4 heteroatoms. The van der Waals surface area contributed by atoms with Gasteiger partial charge in [0.2, 0.25) is 0 Å². The first-order chi connectivity index (χ1) is 7.65. The minimum Gasteiger partial charge on any atom is -0.330 e. The van der Waals surface area contributed by atoms with Gasteiger partial charge >= 0.3 is 6.03 Å². The van der Waals surface area contributed by atoms with Gasteiger partial charge in [-0.05, 0) is 31.7 Å². The van der Waals surface area contributed by atoms with Crippen LogP contribution in [0.25, 0.3) is 0 Å². The Morgan fingerprint density at radius 1 is 1.38 bits per heavy atom. The second-order valence-electron chi connectivity index (χ2n) is 4.96. The standard InChI is InChI=1S/C12H25N3O/c1-11(2)10-15(9-5-6-13)12(16)14-7-3-4-8-14/h11H,3-10,13H2,1-2H3. The molecule has 1 saturated heterocycles. The molecular weight excluding hydrogens is 202 g/mol. The molecule has 1 rings (SSSR count). The lowest BCUT2D eigenvalue weighted by molar-refractivity contribution is 0.156. The van der Waals surface area contributed by atoms with Crippen molar-refractivity contribution in [3.63, 3.8) is 0 Å². The van der Waals surface area contributed by atoms with Gasteiger partial charge in [0.1, 0.15) is 0 Å². The average Bonchev–Trinajstić information content (AvgIpc) is 2.76. The van der Waals surface area contributed by atoms with Crippen molar-refractivity contribution in [2.75, 3.05) is 32.7 Å². The fourth-order valence-electron chi connectivity index (χ4n) is 2.10. The minimum atomic E-state index is 0.208. The molecule has 2 N–H and O–H groups in total. The summed E-state index contributed by atoms with van der Waals surface area (Å²) in [5.41, 5.74) is 5.51. The van der Waals surface area contributed by atoms with E-state index >= 15 is 0 Å². The van der Waals surface area contributed by atoms with Gasteiger partial charge in [-0.3, -0.25) is 0 Å². The van der Waals surface area contributed by atoms with E-state index in [2.05, 4.69) is 13.8 Å². The SMILES string of the molecule is CC(C)CN(CCCN)C(=O)N1CCCC1. The van der Waals surface area contributed by atoms with Crippen LogP contribution in [0.5, 0.6) is 0 Å². The van der Waals surface area contributed by atoms with Crippen molar-refractivity contribution in [2.24, 2.45) is 11.7 Å². The van der Waals surface area contributed by atoms with E-state index in [1.165, 1.54) is 0 Å². The number of carbonyl (C=O) groups excluding carboxylic acids is 1. The lowest BCUT2D eigenvalue weighted by Gasteiger charge is -2.29. The largest absolute Gasteiger partial charge is 0.330 e.